The molecule has 1 unspecified atom stereocenters. The number of hydrogen-bond acceptors (Lipinski definition) is 5. The van der Waals surface area contributed by atoms with Gasteiger partial charge >= 0.3 is 0 Å². The SMILES string of the molecule is CCOc1nc2ccccc2nc1N1CCCC(C(=O)Nc2ccc(C)c(C)c2)C1. The van der Waals surface area contributed by atoms with Gasteiger partial charge in [0.1, 0.15) is 0 Å². The van der Waals surface area contributed by atoms with Crippen molar-refractivity contribution >= 4 is 28.4 Å². The van der Waals surface area contributed by atoms with Gasteiger partial charge in [-0.15, -0.1) is 0 Å². The Morgan fingerprint density at radius 2 is 1.90 bits per heavy atom. The summed E-state index contributed by atoms with van der Waals surface area (Å²) in [4.78, 5) is 24.6. The van der Waals surface area contributed by atoms with E-state index in [0.29, 0.717) is 19.0 Å². The molecule has 0 saturated carbocycles. The molecule has 6 nitrogen and oxygen atoms in total. The van der Waals surface area contributed by atoms with Crippen molar-refractivity contribution in [2.75, 3.05) is 29.9 Å². The fourth-order valence-electron chi connectivity index (χ4n) is 3.86. The van der Waals surface area contributed by atoms with Crippen molar-refractivity contribution in [3.05, 3.63) is 53.6 Å². The lowest BCUT2D eigenvalue weighted by Gasteiger charge is -2.33. The van der Waals surface area contributed by atoms with E-state index in [0.717, 1.165) is 41.9 Å². The largest absolute Gasteiger partial charge is 0.475 e. The molecule has 1 aliphatic rings. The summed E-state index contributed by atoms with van der Waals surface area (Å²) in [7, 11) is 0. The normalized spacial score (nSPS) is 16.5. The number of aromatic nitrogens is 2. The first-order chi connectivity index (χ1) is 14.5. The zero-order valence-corrected chi connectivity index (χ0v) is 17.8. The smallest absolute Gasteiger partial charge is 0.258 e. The highest BCUT2D eigenvalue weighted by atomic mass is 16.5. The average molecular weight is 405 g/mol. The van der Waals surface area contributed by atoms with Gasteiger partial charge in [0, 0.05) is 18.8 Å². The number of hydrogen-bond donors (Lipinski definition) is 1. The van der Waals surface area contributed by atoms with Crippen LogP contribution in [0.5, 0.6) is 5.88 Å². The zero-order chi connectivity index (χ0) is 21.1. The van der Waals surface area contributed by atoms with E-state index >= 15 is 0 Å². The Balaban J connectivity index is 1.55. The molecule has 1 aliphatic heterocycles. The van der Waals surface area contributed by atoms with E-state index in [-0.39, 0.29) is 11.8 Å². The lowest BCUT2D eigenvalue weighted by Crippen LogP contribution is -2.41. The molecule has 0 bridgehead atoms. The Bertz CT molecular complexity index is 1070. The molecule has 1 aromatic heterocycles. The van der Waals surface area contributed by atoms with Crippen LogP contribution < -0.4 is 15.0 Å². The van der Waals surface area contributed by atoms with Gasteiger partial charge in [-0.1, -0.05) is 18.2 Å². The third kappa shape index (κ3) is 4.22. The second-order valence-corrected chi connectivity index (χ2v) is 7.85. The molecule has 156 valence electrons. The molecule has 1 atom stereocenters. The van der Waals surface area contributed by atoms with Crippen LogP contribution in [0.25, 0.3) is 11.0 Å². The van der Waals surface area contributed by atoms with Crippen molar-refractivity contribution in [3.63, 3.8) is 0 Å². The summed E-state index contributed by atoms with van der Waals surface area (Å²) >= 11 is 0. The van der Waals surface area contributed by atoms with Crippen molar-refractivity contribution in [3.8, 4) is 5.88 Å². The molecular weight excluding hydrogens is 376 g/mol. The quantitative estimate of drug-likeness (QED) is 0.678. The molecule has 1 fully saturated rings. The van der Waals surface area contributed by atoms with E-state index in [2.05, 4.69) is 29.0 Å². The Morgan fingerprint density at radius 3 is 2.63 bits per heavy atom. The minimum absolute atomic E-state index is 0.0506. The third-order valence-corrected chi connectivity index (χ3v) is 5.67. The molecule has 1 N–H and O–H groups in total. The monoisotopic (exact) mass is 404 g/mol. The summed E-state index contributed by atoms with van der Waals surface area (Å²) in [5.74, 6) is 1.20. The van der Waals surface area contributed by atoms with Crippen LogP contribution in [0, 0.1) is 19.8 Å². The van der Waals surface area contributed by atoms with Crippen LogP contribution in [0.2, 0.25) is 0 Å². The van der Waals surface area contributed by atoms with Crippen LogP contribution in [0.1, 0.15) is 30.9 Å². The Morgan fingerprint density at radius 1 is 1.13 bits per heavy atom. The lowest BCUT2D eigenvalue weighted by atomic mass is 9.97. The zero-order valence-electron chi connectivity index (χ0n) is 17.8. The number of aryl methyl sites for hydroxylation is 2. The molecule has 1 saturated heterocycles. The van der Waals surface area contributed by atoms with E-state index in [1.165, 1.54) is 11.1 Å². The highest BCUT2D eigenvalue weighted by Crippen LogP contribution is 2.31. The molecule has 4 rings (SSSR count). The Labute approximate surface area is 177 Å². The highest BCUT2D eigenvalue weighted by Gasteiger charge is 2.29. The second-order valence-electron chi connectivity index (χ2n) is 7.85. The number of para-hydroxylation sites is 2. The number of anilines is 2. The number of nitrogens with zero attached hydrogens (tertiary/aromatic N) is 3. The van der Waals surface area contributed by atoms with Crippen LogP contribution in [0.4, 0.5) is 11.5 Å². The maximum absolute atomic E-state index is 13.0. The van der Waals surface area contributed by atoms with Crippen molar-refractivity contribution in [1.29, 1.82) is 0 Å². The average Bonchev–Trinajstić information content (AvgIpc) is 2.76. The summed E-state index contributed by atoms with van der Waals surface area (Å²) in [5, 5.41) is 3.09. The van der Waals surface area contributed by atoms with E-state index in [1.807, 2.05) is 49.4 Å². The number of amides is 1. The molecule has 0 spiro atoms. The van der Waals surface area contributed by atoms with Crippen LogP contribution in [-0.4, -0.2) is 35.6 Å². The van der Waals surface area contributed by atoms with E-state index in [4.69, 9.17) is 9.72 Å². The molecule has 3 aromatic rings. The first-order valence-corrected chi connectivity index (χ1v) is 10.6. The van der Waals surface area contributed by atoms with Gasteiger partial charge in [-0.2, -0.15) is 0 Å². The molecule has 6 heteroatoms. The molecule has 1 amide bonds. The van der Waals surface area contributed by atoms with Crippen molar-refractivity contribution in [2.45, 2.75) is 33.6 Å². The topological polar surface area (TPSA) is 67.4 Å². The number of carbonyl (C=O) groups is 1. The first-order valence-electron chi connectivity index (χ1n) is 10.6. The minimum atomic E-state index is -0.108. The fourth-order valence-corrected chi connectivity index (χ4v) is 3.86. The fraction of sp³-hybridized carbons (Fsp3) is 0.375. The second kappa shape index (κ2) is 8.69. The van der Waals surface area contributed by atoms with Crippen molar-refractivity contribution in [1.82, 2.24) is 9.97 Å². The minimum Gasteiger partial charge on any atom is -0.475 e. The number of fused-ring (bicyclic) bond motifs is 1. The molecule has 2 aromatic carbocycles. The maximum atomic E-state index is 13.0. The van der Waals surface area contributed by atoms with E-state index in [1.54, 1.807) is 0 Å². The lowest BCUT2D eigenvalue weighted by molar-refractivity contribution is -0.120. The van der Waals surface area contributed by atoms with E-state index < -0.39 is 0 Å². The number of carbonyl (C=O) groups excluding carboxylic acids is 1. The number of nitrogens with one attached hydrogen (secondary N) is 1. The van der Waals surface area contributed by atoms with Gasteiger partial charge in [0.2, 0.25) is 5.91 Å². The summed E-state index contributed by atoms with van der Waals surface area (Å²) in [6.45, 7) is 8.02. The summed E-state index contributed by atoms with van der Waals surface area (Å²) in [6.07, 6.45) is 1.78. The Hall–Kier alpha value is -3.15. The van der Waals surface area contributed by atoms with Crippen LogP contribution in [0.3, 0.4) is 0 Å². The van der Waals surface area contributed by atoms with Gasteiger partial charge in [-0.25, -0.2) is 9.97 Å². The van der Waals surface area contributed by atoms with Gasteiger partial charge in [0.25, 0.3) is 5.88 Å². The molecule has 0 aliphatic carbocycles. The number of piperidine rings is 1. The van der Waals surface area contributed by atoms with Gasteiger partial charge in [-0.05, 0) is 69.0 Å². The molecule has 30 heavy (non-hydrogen) atoms. The van der Waals surface area contributed by atoms with Crippen LogP contribution >= 0.6 is 0 Å². The van der Waals surface area contributed by atoms with Gasteiger partial charge in [0.15, 0.2) is 5.82 Å². The molecule has 2 heterocycles. The van der Waals surface area contributed by atoms with Crippen LogP contribution in [-0.2, 0) is 4.79 Å². The molecular formula is C24H28N4O2. The van der Waals surface area contributed by atoms with Gasteiger partial charge in [0.05, 0.1) is 23.6 Å². The highest BCUT2D eigenvalue weighted by molar-refractivity contribution is 5.93. The number of ether oxygens (including phenoxy) is 1. The van der Waals surface area contributed by atoms with Crippen LogP contribution in [0.15, 0.2) is 42.5 Å². The first kappa shape index (κ1) is 20.1. The standard InChI is InChI=1S/C24H28N4O2/c1-4-30-24-22(26-20-9-5-6-10-21(20)27-24)28-13-7-8-18(15-28)23(29)25-19-12-11-16(2)17(3)14-19/h5-6,9-12,14,18H,4,7-8,13,15H2,1-3H3,(H,25,29). The predicted molar refractivity (Wildman–Crippen MR) is 120 cm³/mol. The number of benzene rings is 2. The Kier molecular flexibility index (Phi) is 5.84. The number of rotatable bonds is 5. The van der Waals surface area contributed by atoms with Gasteiger partial charge < -0.3 is 15.0 Å². The molecule has 0 radical (unpaired) electrons. The van der Waals surface area contributed by atoms with E-state index in [9.17, 15) is 4.79 Å². The third-order valence-electron chi connectivity index (χ3n) is 5.67. The summed E-state index contributed by atoms with van der Waals surface area (Å²) in [5.41, 5.74) is 4.88. The van der Waals surface area contributed by atoms with Crippen molar-refractivity contribution in [2.24, 2.45) is 5.92 Å². The maximum Gasteiger partial charge on any atom is 0.258 e. The van der Waals surface area contributed by atoms with Crippen molar-refractivity contribution < 1.29 is 9.53 Å². The predicted octanol–water partition coefficient (Wildman–Crippen LogP) is 4.50. The summed E-state index contributed by atoms with van der Waals surface area (Å²) < 4.78 is 5.80. The summed E-state index contributed by atoms with van der Waals surface area (Å²) in [6, 6.07) is 13.8. The van der Waals surface area contributed by atoms with Gasteiger partial charge in [-0.3, -0.25) is 4.79 Å².